The molecule has 0 radical (unpaired) electrons. The minimum absolute atomic E-state index is 0.0517. The molecule has 1 aliphatic carbocycles. The van der Waals surface area contributed by atoms with Gasteiger partial charge in [-0.15, -0.1) is 0 Å². The summed E-state index contributed by atoms with van der Waals surface area (Å²) >= 11 is 0. The monoisotopic (exact) mass is 434 g/mol. The van der Waals surface area contributed by atoms with Gasteiger partial charge in [0, 0.05) is 48.6 Å². The summed E-state index contributed by atoms with van der Waals surface area (Å²) in [7, 11) is 0. The van der Waals surface area contributed by atoms with Gasteiger partial charge in [-0.1, -0.05) is 42.5 Å². The molecule has 6 heteroatoms. The molecule has 1 aromatic heterocycles. The van der Waals surface area contributed by atoms with Crippen molar-refractivity contribution in [2.75, 3.05) is 36.0 Å². The van der Waals surface area contributed by atoms with Crippen LogP contribution in [0.5, 0.6) is 5.75 Å². The van der Waals surface area contributed by atoms with Crippen LogP contribution in [-0.4, -0.2) is 47.0 Å². The van der Waals surface area contributed by atoms with Gasteiger partial charge in [0.05, 0.1) is 17.0 Å². The molecule has 1 fully saturated rings. The van der Waals surface area contributed by atoms with Gasteiger partial charge in [-0.25, -0.2) is 9.97 Å². The highest BCUT2D eigenvalue weighted by Gasteiger charge is 2.33. The number of aromatic nitrogens is 2. The van der Waals surface area contributed by atoms with Gasteiger partial charge in [-0.05, 0) is 36.4 Å². The molecule has 162 valence electrons. The van der Waals surface area contributed by atoms with E-state index in [1.807, 2.05) is 30.3 Å². The molecule has 0 atom stereocenters. The Hall–Kier alpha value is -4.19. The lowest BCUT2D eigenvalue weighted by atomic mass is 10.0. The molecule has 4 aromatic rings. The van der Waals surface area contributed by atoms with Gasteiger partial charge < -0.3 is 14.9 Å². The fraction of sp³-hybridized carbons (Fsp3) is 0.148. The minimum Gasteiger partial charge on any atom is -0.508 e. The number of carbonyl (C=O) groups is 1. The number of hydrogen-bond acceptors (Lipinski definition) is 6. The SMILES string of the molecule is O=C1c2ccccc2-c2nc(N3CCN(c4ccccc4)CC3)nc(-c3ccc(O)cc3)c21. The molecule has 6 rings (SSSR count). The Kier molecular flexibility index (Phi) is 4.57. The Morgan fingerprint density at radius 2 is 1.27 bits per heavy atom. The van der Waals surface area contributed by atoms with Gasteiger partial charge in [0.25, 0.3) is 0 Å². The van der Waals surface area contributed by atoms with Crippen LogP contribution in [0.15, 0.2) is 78.9 Å². The number of anilines is 2. The van der Waals surface area contributed by atoms with Gasteiger partial charge in [0.15, 0.2) is 5.78 Å². The molecule has 0 saturated carbocycles. The first-order valence-corrected chi connectivity index (χ1v) is 11.1. The fourth-order valence-corrected chi connectivity index (χ4v) is 4.65. The summed E-state index contributed by atoms with van der Waals surface area (Å²) in [6.07, 6.45) is 0. The maximum Gasteiger partial charge on any atom is 0.226 e. The summed E-state index contributed by atoms with van der Waals surface area (Å²) in [5.74, 6) is 0.759. The molecule has 1 saturated heterocycles. The van der Waals surface area contributed by atoms with Crippen LogP contribution in [0.25, 0.3) is 22.5 Å². The van der Waals surface area contributed by atoms with E-state index in [2.05, 4.69) is 34.1 Å². The molecular weight excluding hydrogens is 412 g/mol. The Labute approximate surface area is 191 Å². The number of rotatable bonds is 3. The average Bonchev–Trinajstić information content (AvgIpc) is 3.17. The Balaban J connectivity index is 1.41. The first kappa shape index (κ1) is 19.5. The second-order valence-electron chi connectivity index (χ2n) is 8.33. The molecule has 2 heterocycles. The van der Waals surface area contributed by atoms with Crippen LogP contribution in [-0.2, 0) is 0 Å². The molecule has 0 unspecified atom stereocenters. The Morgan fingerprint density at radius 1 is 0.667 bits per heavy atom. The summed E-state index contributed by atoms with van der Waals surface area (Å²) in [6.45, 7) is 3.32. The molecule has 6 nitrogen and oxygen atoms in total. The van der Waals surface area contributed by atoms with Crippen molar-refractivity contribution in [3.8, 4) is 28.3 Å². The van der Waals surface area contributed by atoms with Crippen molar-refractivity contribution < 1.29 is 9.90 Å². The number of nitrogens with zero attached hydrogens (tertiary/aromatic N) is 4. The molecule has 3 aromatic carbocycles. The third-order valence-electron chi connectivity index (χ3n) is 6.38. The Morgan fingerprint density at radius 3 is 2.00 bits per heavy atom. The van der Waals surface area contributed by atoms with Crippen LogP contribution in [0.1, 0.15) is 15.9 Å². The lowest BCUT2D eigenvalue weighted by molar-refractivity contribution is 0.104. The quantitative estimate of drug-likeness (QED) is 0.454. The smallest absolute Gasteiger partial charge is 0.226 e. The highest BCUT2D eigenvalue weighted by molar-refractivity contribution is 6.23. The second kappa shape index (κ2) is 7.74. The van der Waals surface area contributed by atoms with Crippen LogP contribution < -0.4 is 9.80 Å². The van der Waals surface area contributed by atoms with Crippen molar-refractivity contribution >= 4 is 17.4 Å². The third kappa shape index (κ3) is 3.31. The van der Waals surface area contributed by atoms with Crippen LogP contribution in [0, 0.1) is 0 Å². The van der Waals surface area contributed by atoms with Crippen LogP contribution in [0.2, 0.25) is 0 Å². The standard InChI is InChI=1S/C27H22N4O2/c32-20-12-10-18(11-13-20)24-23-25(21-8-4-5-9-22(21)26(23)33)29-27(28-24)31-16-14-30(15-17-31)19-6-2-1-3-7-19/h1-13,32H,14-17H2. The molecule has 0 spiro atoms. The van der Waals surface area contributed by atoms with Crippen LogP contribution in [0.3, 0.4) is 0 Å². The maximum atomic E-state index is 13.3. The van der Waals surface area contributed by atoms with Crippen LogP contribution in [0.4, 0.5) is 11.6 Å². The van der Waals surface area contributed by atoms with E-state index in [-0.39, 0.29) is 11.5 Å². The molecule has 1 aliphatic heterocycles. The van der Waals surface area contributed by atoms with E-state index in [9.17, 15) is 9.90 Å². The number of hydrogen-bond donors (Lipinski definition) is 1. The van der Waals surface area contributed by atoms with Crippen molar-refractivity contribution in [1.82, 2.24) is 9.97 Å². The van der Waals surface area contributed by atoms with Crippen molar-refractivity contribution in [3.05, 3.63) is 90.0 Å². The molecule has 33 heavy (non-hydrogen) atoms. The maximum absolute atomic E-state index is 13.3. The van der Waals surface area contributed by atoms with E-state index in [1.165, 1.54) is 5.69 Å². The first-order valence-electron chi connectivity index (χ1n) is 11.1. The first-order chi connectivity index (χ1) is 16.2. The largest absolute Gasteiger partial charge is 0.508 e. The minimum atomic E-state index is -0.0517. The predicted molar refractivity (Wildman–Crippen MR) is 129 cm³/mol. The number of aromatic hydroxyl groups is 1. The van der Waals surface area contributed by atoms with Crippen molar-refractivity contribution in [2.24, 2.45) is 0 Å². The number of phenolic OH excluding ortho intramolecular Hbond substituents is 1. The van der Waals surface area contributed by atoms with Crippen molar-refractivity contribution in [3.63, 3.8) is 0 Å². The summed E-state index contributed by atoms with van der Waals surface area (Å²) in [6, 6.07) is 24.8. The summed E-state index contributed by atoms with van der Waals surface area (Å²) in [5.41, 5.74) is 5.36. The number of carbonyl (C=O) groups excluding carboxylic acids is 1. The summed E-state index contributed by atoms with van der Waals surface area (Å²) < 4.78 is 0. The molecular formula is C27H22N4O2. The second-order valence-corrected chi connectivity index (χ2v) is 8.33. The number of phenols is 1. The van der Waals surface area contributed by atoms with Gasteiger partial charge >= 0.3 is 0 Å². The Bertz CT molecular complexity index is 1340. The van der Waals surface area contributed by atoms with E-state index >= 15 is 0 Å². The molecule has 1 N–H and O–H groups in total. The fourth-order valence-electron chi connectivity index (χ4n) is 4.65. The number of piperazine rings is 1. The zero-order valence-corrected chi connectivity index (χ0v) is 18.0. The molecule has 0 bridgehead atoms. The topological polar surface area (TPSA) is 69.6 Å². The van der Waals surface area contributed by atoms with E-state index < -0.39 is 0 Å². The van der Waals surface area contributed by atoms with E-state index in [1.54, 1.807) is 24.3 Å². The average molecular weight is 434 g/mol. The summed E-state index contributed by atoms with van der Waals surface area (Å²) in [4.78, 5) is 27.6. The third-order valence-corrected chi connectivity index (χ3v) is 6.38. The van der Waals surface area contributed by atoms with Gasteiger partial charge in [0.1, 0.15) is 5.75 Å². The van der Waals surface area contributed by atoms with Crippen molar-refractivity contribution in [1.29, 1.82) is 0 Å². The number of fused-ring (bicyclic) bond motifs is 3. The van der Waals surface area contributed by atoms with E-state index in [0.717, 1.165) is 37.3 Å². The number of ketones is 1. The van der Waals surface area contributed by atoms with Crippen LogP contribution >= 0.6 is 0 Å². The molecule has 0 amide bonds. The zero-order valence-electron chi connectivity index (χ0n) is 18.0. The zero-order chi connectivity index (χ0) is 22.4. The number of benzene rings is 3. The molecule has 2 aliphatic rings. The van der Waals surface area contributed by atoms with Gasteiger partial charge in [-0.2, -0.15) is 0 Å². The lowest BCUT2D eigenvalue weighted by Crippen LogP contribution is -2.47. The van der Waals surface area contributed by atoms with Gasteiger partial charge in [0.2, 0.25) is 5.95 Å². The normalized spacial score (nSPS) is 14.8. The highest BCUT2D eigenvalue weighted by Crippen LogP contribution is 2.41. The highest BCUT2D eigenvalue weighted by atomic mass is 16.3. The van der Waals surface area contributed by atoms with Crippen molar-refractivity contribution in [2.45, 2.75) is 0 Å². The predicted octanol–water partition coefficient (Wildman–Crippen LogP) is 4.39. The van der Waals surface area contributed by atoms with E-state index in [4.69, 9.17) is 9.97 Å². The summed E-state index contributed by atoms with van der Waals surface area (Å²) in [5, 5.41) is 9.76. The lowest BCUT2D eigenvalue weighted by Gasteiger charge is -2.36. The van der Waals surface area contributed by atoms with Gasteiger partial charge in [-0.3, -0.25) is 4.79 Å². The number of para-hydroxylation sites is 1. The van der Waals surface area contributed by atoms with E-state index in [0.29, 0.717) is 28.5 Å².